The summed E-state index contributed by atoms with van der Waals surface area (Å²) >= 11 is 11.8. The molecule has 0 amide bonds. The van der Waals surface area contributed by atoms with Crippen molar-refractivity contribution in [3.05, 3.63) is 76.8 Å². The first kappa shape index (κ1) is 22.8. The van der Waals surface area contributed by atoms with Gasteiger partial charge in [0.25, 0.3) is 0 Å². The second kappa shape index (κ2) is 9.60. The molecule has 1 saturated heterocycles. The highest BCUT2D eigenvalue weighted by Crippen LogP contribution is 2.41. The van der Waals surface area contributed by atoms with Gasteiger partial charge in [-0.2, -0.15) is 0 Å². The molecule has 0 aliphatic carbocycles. The van der Waals surface area contributed by atoms with Gasteiger partial charge in [0, 0.05) is 11.8 Å². The van der Waals surface area contributed by atoms with E-state index in [-0.39, 0.29) is 24.8 Å². The summed E-state index contributed by atoms with van der Waals surface area (Å²) < 4.78 is 11.3. The molecule has 0 bridgehead atoms. The Morgan fingerprint density at radius 1 is 1.27 bits per heavy atom. The van der Waals surface area contributed by atoms with Crippen LogP contribution in [0.15, 0.2) is 59.1 Å². The smallest absolute Gasteiger partial charge is 0.335 e. The molecule has 33 heavy (non-hydrogen) atoms. The van der Waals surface area contributed by atoms with Gasteiger partial charge in [0.05, 0.1) is 28.9 Å². The van der Waals surface area contributed by atoms with Crippen molar-refractivity contribution in [1.82, 2.24) is 15.2 Å². The lowest BCUT2D eigenvalue weighted by Gasteiger charge is -2.25. The van der Waals surface area contributed by atoms with Crippen molar-refractivity contribution < 1.29 is 23.8 Å². The summed E-state index contributed by atoms with van der Waals surface area (Å²) in [6.45, 7) is 1.92. The van der Waals surface area contributed by atoms with E-state index < -0.39 is 18.0 Å². The number of rotatable bonds is 7. The Hall–Kier alpha value is -3.43. The minimum absolute atomic E-state index is 0.0705. The van der Waals surface area contributed by atoms with Crippen LogP contribution in [0, 0.1) is 0 Å². The number of furan rings is 1. The third-order valence-electron chi connectivity index (χ3n) is 5.20. The van der Waals surface area contributed by atoms with E-state index in [0.717, 1.165) is 5.69 Å². The molecule has 4 rings (SSSR count). The molecule has 1 aliphatic heterocycles. The first-order valence-corrected chi connectivity index (χ1v) is 10.9. The molecule has 0 saturated carbocycles. The van der Waals surface area contributed by atoms with Crippen LogP contribution in [0.3, 0.4) is 0 Å². The fourth-order valence-electron chi connectivity index (χ4n) is 3.73. The number of carboxylic acids is 1. The summed E-state index contributed by atoms with van der Waals surface area (Å²) in [5.74, 6) is -0.584. The monoisotopic (exact) mass is 485 g/mol. The van der Waals surface area contributed by atoms with Gasteiger partial charge in [-0.3, -0.25) is 9.78 Å². The third-order valence-corrected chi connectivity index (χ3v) is 5.88. The van der Waals surface area contributed by atoms with E-state index >= 15 is 0 Å². The number of aromatic nitrogens is 1. The van der Waals surface area contributed by atoms with Crippen LogP contribution in [0.2, 0.25) is 5.02 Å². The summed E-state index contributed by atoms with van der Waals surface area (Å²) in [6, 6.07) is 12.5. The predicted molar refractivity (Wildman–Crippen MR) is 125 cm³/mol. The Bertz CT molecular complexity index is 1200. The maximum atomic E-state index is 12.3. The number of nitrogens with one attached hydrogen (secondary N) is 1. The van der Waals surface area contributed by atoms with Gasteiger partial charge in [0.1, 0.15) is 24.1 Å². The summed E-state index contributed by atoms with van der Waals surface area (Å²) in [5.41, 5.74) is 1.26. The molecule has 0 unspecified atom stereocenters. The SMILES string of the molecule is CCOC(=O)CN1C(=S)N[C@@H](c2ccccn2)[C@H]1c1ccc(-c2cc(C(=O)O)ccc2Cl)o1. The zero-order chi connectivity index (χ0) is 23.5. The molecule has 2 atom stereocenters. The van der Waals surface area contributed by atoms with Crippen LogP contribution in [0.4, 0.5) is 0 Å². The average molecular weight is 486 g/mol. The van der Waals surface area contributed by atoms with Gasteiger partial charge in [-0.05, 0) is 61.6 Å². The maximum absolute atomic E-state index is 12.3. The van der Waals surface area contributed by atoms with Crippen LogP contribution in [0.1, 0.15) is 40.8 Å². The van der Waals surface area contributed by atoms with Gasteiger partial charge in [0.15, 0.2) is 5.11 Å². The van der Waals surface area contributed by atoms with E-state index in [1.165, 1.54) is 18.2 Å². The van der Waals surface area contributed by atoms with Crippen LogP contribution < -0.4 is 5.32 Å². The molecule has 0 radical (unpaired) electrons. The zero-order valence-corrected chi connectivity index (χ0v) is 19.1. The van der Waals surface area contributed by atoms with Crippen LogP contribution in [-0.4, -0.2) is 45.2 Å². The number of carboxylic acid groups (broad SMARTS) is 1. The van der Waals surface area contributed by atoms with Crippen LogP contribution in [0.5, 0.6) is 0 Å². The number of nitrogens with zero attached hydrogens (tertiary/aromatic N) is 2. The minimum atomic E-state index is -1.07. The van der Waals surface area contributed by atoms with Gasteiger partial charge in [0.2, 0.25) is 0 Å². The largest absolute Gasteiger partial charge is 0.478 e. The predicted octanol–water partition coefficient (Wildman–Crippen LogP) is 4.23. The van der Waals surface area contributed by atoms with E-state index in [1.807, 2.05) is 18.2 Å². The number of carbonyl (C=O) groups is 2. The van der Waals surface area contributed by atoms with Crippen molar-refractivity contribution in [2.45, 2.75) is 19.0 Å². The van der Waals surface area contributed by atoms with Gasteiger partial charge >= 0.3 is 11.9 Å². The zero-order valence-electron chi connectivity index (χ0n) is 17.5. The molecule has 170 valence electrons. The Balaban J connectivity index is 1.74. The topological polar surface area (TPSA) is 105 Å². The Morgan fingerprint density at radius 3 is 2.79 bits per heavy atom. The van der Waals surface area contributed by atoms with Gasteiger partial charge in [-0.25, -0.2) is 4.79 Å². The number of benzene rings is 1. The van der Waals surface area contributed by atoms with Crippen molar-refractivity contribution in [3.63, 3.8) is 0 Å². The van der Waals surface area contributed by atoms with Crippen molar-refractivity contribution in [3.8, 4) is 11.3 Å². The first-order valence-electron chi connectivity index (χ1n) is 10.2. The molecule has 3 heterocycles. The highest BCUT2D eigenvalue weighted by atomic mass is 35.5. The second-order valence-electron chi connectivity index (χ2n) is 7.26. The summed E-state index contributed by atoms with van der Waals surface area (Å²) in [5, 5.41) is 13.3. The van der Waals surface area contributed by atoms with Crippen LogP contribution >= 0.6 is 23.8 Å². The minimum Gasteiger partial charge on any atom is -0.478 e. The van der Waals surface area contributed by atoms with E-state index in [4.69, 9.17) is 33.0 Å². The molecule has 2 N–H and O–H groups in total. The van der Waals surface area contributed by atoms with E-state index in [1.54, 1.807) is 30.2 Å². The quantitative estimate of drug-likeness (QED) is 0.375. The molecule has 2 aromatic heterocycles. The summed E-state index contributed by atoms with van der Waals surface area (Å²) in [7, 11) is 0. The van der Waals surface area contributed by atoms with E-state index in [2.05, 4.69) is 10.3 Å². The molecular formula is C23H20ClN3O5S. The summed E-state index contributed by atoms with van der Waals surface area (Å²) in [6.07, 6.45) is 1.68. The van der Waals surface area contributed by atoms with E-state index in [0.29, 0.717) is 27.2 Å². The fraction of sp³-hybridized carbons (Fsp3) is 0.217. The van der Waals surface area contributed by atoms with Crippen LogP contribution in [0.25, 0.3) is 11.3 Å². The average Bonchev–Trinajstić information content (AvgIpc) is 3.39. The van der Waals surface area contributed by atoms with Gasteiger partial charge in [-0.15, -0.1) is 0 Å². The fourth-order valence-corrected chi connectivity index (χ4v) is 4.25. The molecular weight excluding hydrogens is 466 g/mol. The number of pyridine rings is 1. The first-order chi connectivity index (χ1) is 15.9. The maximum Gasteiger partial charge on any atom is 0.335 e. The Morgan fingerprint density at radius 2 is 2.09 bits per heavy atom. The van der Waals surface area contributed by atoms with E-state index in [9.17, 15) is 14.7 Å². The molecule has 8 nitrogen and oxygen atoms in total. The number of hydrogen-bond acceptors (Lipinski definition) is 6. The Kier molecular flexibility index (Phi) is 6.62. The number of ether oxygens (including phenoxy) is 1. The normalized spacial score (nSPS) is 17.6. The lowest BCUT2D eigenvalue weighted by atomic mass is 10.0. The number of aromatic carboxylic acids is 1. The molecule has 10 heteroatoms. The second-order valence-corrected chi connectivity index (χ2v) is 8.06. The van der Waals surface area contributed by atoms with Crippen molar-refractivity contribution in [1.29, 1.82) is 0 Å². The number of thiocarbonyl (C=S) groups is 1. The number of halogens is 1. The molecule has 1 aliphatic rings. The van der Waals surface area contributed by atoms with Gasteiger partial charge in [-0.1, -0.05) is 17.7 Å². The Labute approximate surface area is 200 Å². The number of hydrogen-bond donors (Lipinski definition) is 2. The summed E-state index contributed by atoms with van der Waals surface area (Å²) in [4.78, 5) is 29.8. The van der Waals surface area contributed by atoms with Crippen molar-refractivity contribution in [2.75, 3.05) is 13.2 Å². The standard InChI is InChI=1S/C23H20ClN3O5S/c1-2-31-19(28)12-27-21(20(26-23(27)33)16-5-3-4-10-25-16)18-9-8-17(32-18)14-11-13(22(29)30)6-7-15(14)24/h3-11,20-21H,2,12H2,1H3,(H,26,33)(H,29,30)/t20-,21+/m0/s1. The highest BCUT2D eigenvalue weighted by Gasteiger charge is 2.42. The highest BCUT2D eigenvalue weighted by molar-refractivity contribution is 7.80. The molecule has 1 aromatic carbocycles. The molecule has 0 spiro atoms. The lowest BCUT2D eigenvalue weighted by Crippen LogP contribution is -2.35. The third kappa shape index (κ3) is 4.69. The number of carbonyl (C=O) groups excluding carboxylic acids is 1. The van der Waals surface area contributed by atoms with Crippen molar-refractivity contribution in [2.24, 2.45) is 0 Å². The van der Waals surface area contributed by atoms with Crippen molar-refractivity contribution >= 4 is 40.9 Å². The lowest BCUT2D eigenvalue weighted by molar-refractivity contribution is -0.143. The molecule has 3 aromatic rings. The molecule has 1 fully saturated rings. The van der Waals surface area contributed by atoms with Gasteiger partial charge < -0.3 is 24.5 Å². The van der Waals surface area contributed by atoms with Crippen LogP contribution in [-0.2, 0) is 9.53 Å². The number of esters is 1.